The molecule has 1 fully saturated rings. The molecule has 3 heterocycles. The number of nitrogens with zero attached hydrogens (tertiary/aromatic N) is 2. The normalized spacial score (nSPS) is 16.6. The maximum Gasteiger partial charge on any atom is 0.251 e. The van der Waals surface area contributed by atoms with Crippen molar-refractivity contribution < 1.29 is 13.9 Å². The SMILES string of the molecule is Cc1ccc(C(CNC(=O)c2cc(Cl)nc(Cl)c2)N2CCOCC2)o1. The van der Waals surface area contributed by atoms with Gasteiger partial charge in [-0.2, -0.15) is 0 Å². The Balaban J connectivity index is 1.72. The lowest BCUT2D eigenvalue weighted by Gasteiger charge is -2.33. The molecule has 0 radical (unpaired) electrons. The quantitative estimate of drug-likeness (QED) is 0.803. The molecule has 1 amide bonds. The minimum absolute atomic E-state index is 0.0608. The van der Waals surface area contributed by atoms with Crippen LogP contribution in [0.5, 0.6) is 0 Å². The number of rotatable bonds is 5. The smallest absolute Gasteiger partial charge is 0.251 e. The molecule has 25 heavy (non-hydrogen) atoms. The monoisotopic (exact) mass is 383 g/mol. The fourth-order valence-corrected chi connectivity index (χ4v) is 3.28. The van der Waals surface area contributed by atoms with Crippen LogP contribution < -0.4 is 5.32 Å². The van der Waals surface area contributed by atoms with E-state index in [2.05, 4.69) is 15.2 Å². The standard InChI is InChI=1S/C17H19Cl2N3O3/c1-11-2-3-14(25-11)13(22-4-6-24-7-5-22)10-20-17(23)12-8-15(18)21-16(19)9-12/h2-3,8-9,13H,4-7,10H2,1H3,(H,20,23). The molecule has 0 saturated carbocycles. The van der Waals surface area contributed by atoms with Gasteiger partial charge in [0.25, 0.3) is 5.91 Å². The van der Waals surface area contributed by atoms with Crippen molar-refractivity contribution in [3.8, 4) is 0 Å². The molecule has 8 heteroatoms. The van der Waals surface area contributed by atoms with Crippen LogP contribution >= 0.6 is 23.2 Å². The van der Waals surface area contributed by atoms with Gasteiger partial charge in [0.2, 0.25) is 0 Å². The number of aromatic nitrogens is 1. The van der Waals surface area contributed by atoms with Crippen molar-refractivity contribution in [1.29, 1.82) is 0 Å². The van der Waals surface area contributed by atoms with Gasteiger partial charge >= 0.3 is 0 Å². The number of nitrogens with one attached hydrogen (secondary N) is 1. The number of hydrogen-bond acceptors (Lipinski definition) is 5. The molecule has 6 nitrogen and oxygen atoms in total. The van der Waals surface area contributed by atoms with Crippen molar-refractivity contribution in [2.24, 2.45) is 0 Å². The lowest BCUT2D eigenvalue weighted by molar-refractivity contribution is 0.0117. The Morgan fingerprint density at radius 1 is 1.28 bits per heavy atom. The summed E-state index contributed by atoms with van der Waals surface area (Å²) in [7, 11) is 0. The number of hydrogen-bond donors (Lipinski definition) is 1. The Morgan fingerprint density at radius 3 is 2.56 bits per heavy atom. The average molecular weight is 384 g/mol. The Kier molecular flexibility index (Phi) is 5.96. The zero-order chi connectivity index (χ0) is 17.8. The second-order valence-corrected chi connectivity index (χ2v) is 6.60. The van der Waals surface area contributed by atoms with E-state index >= 15 is 0 Å². The number of carbonyl (C=O) groups excluding carboxylic acids is 1. The van der Waals surface area contributed by atoms with Crippen LogP contribution in [-0.4, -0.2) is 48.6 Å². The fraction of sp³-hybridized carbons (Fsp3) is 0.412. The van der Waals surface area contributed by atoms with Gasteiger partial charge in [-0.05, 0) is 31.2 Å². The molecule has 2 aromatic rings. The zero-order valence-corrected chi connectivity index (χ0v) is 15.3. The molecule has 0 aliphatic carbocycles. The number of ether oxygens (including phenoxy) is 1. The zero-order valence-electron chi connectivity index (χ0n) is 13.8. The van der Waals surface area contributed by atoms with Crippen LogP contribution in [0.4, 0.5) is 0 Å². The van der Waals surface area contributed by atoms with Gasteiger partial charge in [0.05, 0.1) is 19.3 Å². The molecule has 1 atom stereocenters. The molecule has 3 rings (SSSR count). The van der Waals surface area contributed by atoms with Crippen LogP contribution in [0, 0.1) is 6.92 Å². The summed E-state index contributed by atoms with van der Waals surface area (Å²) in [5.74, 6) is 1.41. The number of carbonyl (C=O) groups is 1. The number of amides is 1. The first-order valence-electron chi connectivity index (χ1n) is 8.02. The summed E-state index contributed by atoms with van der Waals surface area (Å²) >= 11 is 11.7. The molecular weight excluding hydrogens is 365 g/mol. The van der Waals surface area contributed by atoms with Crippen LogP contribution in [-0.2, 0) is 4.74 Å². The predicted molar refractivity (Wildman–Crippen MR) is 95.2 cm³/mol. The molecule has 1 N–H and O–H groups in total. The first-order valence-corrected chi connectivity index (χ1v) is 8.78. The maximum atomic E-state index is 12.4. The number of pyridine rings is 1. The number of furan rings is 1. The van der Waals surface area contributed by atoms with Gasteiger partial charge in [0, 0.05) is 25.2 Å². The molecule has 1 saturated heterocycles. The maximum absolute atomic E-state index is 12.4. The largest absolute Gasteiger partial charge is 0.465 e. The molecule has 1 unspecified atom stereocenters. The van der Waals surface area contributed by atoms with Crippen molar-refractivity contribution >= 4 is 29.1 Å². The van der Waals surface area contributed by atoms with E-state index in [1.54, 1.807) is 0 Å². The van der Waals surface area contributed by atoms with Crippen LogP contribution in [0.1, 0.15) is 27.9 Å². The van der Waals surface area contributed by atoms with Gasteiger partial charge in [0.15, 0.2) is 0 Å². The van der Waals surface area contributed by atoms with Crippen LogP contribution in [0.2, 0.25) is 10.3 Å². The molecule has 2 aromatic heterocycles. The first-order chi connectivity index (χ1) is 12.0. The fourth-order valence-electron chi connectivity index (χ4n) is 2.82. The van der Waals surface area contributed by atoms with E-state index in [1.807, 2.05) is 19.1 Å². The molecule has 134 valence electrons. The second-order valence-electron chi connectivity index (χ2n) is 5.82. The van der Waals surface area contributed by atoms with Gasteiger partial charge in [-0.3, -0.25) is 9.69 Å². The van der Waals surface area contributed by atoms with Crippen molar-refractivity contribution in [2.45, 2.75) is 13.0 Å². The van der Waals surface area contributed by atoms with E-state index in [1.165, 1.54) is 12.1 Å². The lowest BCUT2D eigenvalue weighted by Crippen LogP contribution is -2.43. The highest BCUT2D eigenvalue weighted by Crippen LogP contribution is 2.23. The van der Waals surface area contributed by atoms with E-state index in [0.717, 1.165) is 24.6 Å². The van der Waals surface area contributed by atoms with E-state index < -0.39 is 0 Å². The first kappa shape index (κ1) is 18.2. The van der Waals surface area contributed by atoms with Crippen LogP contribution in [0.25, 0.3) is 0 Å². The summed E-state index contributed by atoms with van der Waals surface area (Å²) in [6.45, 7) is 5.21. The van der Waals surface area contributed by atoms with Crippen LogP contribution in [0.15, 0.2) is 28.7 Å². The molecule has 1 aliphatic rings. The third-order valence-electron chi connectivity index (χ3n) is 4.06. The molecule has 1 aliphatic heterocycles. The summed E-state index contributed by atoms with van der Waals surface area (Å²) < 4.78 is 11.2. The van der Waals surface area contributed by atoms with Crippen molar-refractivity contribution in [3.05, 3.63) is 51.7 Å². The van der Waals surface area contributed by atoms with Gasteiger partial charge in [-0.15, -0.1) is 0 Å². The molecule has 0 aromatic carbocycles. The number of morpholine rings is 1. The minimum Gasteiger partial charge on any atom is -0.465 e. The van der Waals surface area contributed by atoms with Crippen molar-refractivity contribution in [2.75, 3.05) is 32.8 Å². The summed E-state index contributed by atoms with van der Waals surface area (Å²) in [4.78, 5) is 18.5. The summed E-state index contributed by atoms with van der Waals surface area (Å²) in [5.41, 5.74) is 0.376. The molecule has 0 bridgehead atoms. The average Bonchev–Trinajstić information content (AvgIpc) is 3.01. The highest BCUT2D eigenvalue weighted by atomic mass is 35.5. The Morgan fingerprint density at radius 2 is 1.96 bits per heavy atom. The van der Waals surface area contributed by atoms with Crippen LogP contribution in [0.3, 0.4) is 0 Å². The Hall–Kier alpha value is -1.60. The van der Waals surface area contributed by atoms with Gasteiger partial charge in [0.1, 0.15) is 21.8 Å². The third kappa shape index (κ3) is 4.73. The van der Waals surface area contributed by atoms with E-state index in [-0.39, 0.29) is 22.3 Å². The Bertz CT molecular complexity index is 724. The molecule has 0 spiro atoms. The highest BCUT2D eigenvalue weighted by Gasteiger charge is 2.26. The summed E-state index contributed by atoms with van der Waals surface area (Å²) in [6, 6.07) is 6.79. The summed E-state index contributed by atoms with van der Waals surface area (Å²) in [5, 5.41) is 3.30. The van der Waals surface area contributed by atoms with Crippen molar-refractivity contribution in [1.82, 2.24) is 15.2 Å². The van der Waals surface area contributed by atoms with E-state index in [9.17, 15) is 4.79 Å². The number of halogens is 2. The lowest BCUT2D eigenvalue weighted by atomic mass is 10.1. The number of aryl methyl sites for hydroxylation is 1. The second kappa shape index (κ2) is 8.19. The summed E-state index contributed by atoms with van der Waals surface area (Å²) in [6.07, 6.45) is 0. The third-order valence-corrected chi connectivity index (χ3v) is 4.44. The van der Waals surface area contributed by atoms with E-state index in [4.69, 9.17) is 32.4 Å². The topological polar surface area (TPSA) is 67.6 Å². The van der Waals surface area contributed by atoms with Gasteiger partial charge < -0.3 is 14.5 Å². The van der Waals surface area contributed by atoms with Gasteiger partial charge in [-0.25, -0.2) is 4.98 Å². The molecular formula is C17H19Cl2N3O3. The Labute approximate surface area is 156 Å². The van der Waals surface area contributed by atoms with E-state index in [0.29, 0.717) is 25.3 Å². The van der Waals surface area contributed by atoms with Crippen molar-refractivity contribution in [3.63, 3.8) is 0 Å². The van der Waals surface area contributed by atoms with Gasteiger partial charge in [-0.1, -0.05) is 23.2 Å². The minimum atomic E-state index is -0.257. The predicted octanol–water partition coefficient (Wildman–Crippen LogP) is 3.09. The highest BCUT2D eigenvalue weighted by molar-refractivity contribution is 6.33.